The van der Waals surface area contributed by atoms with E-state index >= 15 is 0 Å². The first-order valence-corrected chi connectivity index (χ1v) is 7.20. The van der Waals surface area contributed by atoms with Crippen molar-refractivity contribution in [1.29, 1.82) is 0 Å². The molecule has 2 atom stereocenters. The molecule has 0 aromatic carbocycles. The molecule has 0 aromatic heterocycles. The molecule has 19 heavy (non-hydrogen) atoms. The van der Waals surface area contributed by atoms with Gasteiger partial charge in [0.25, 0.3) is 0 Å². The highest BCUT2D eigenvalue weighted by atomic mass is 16.3. The maximum absolute atomic E-state index is 10.2. The van der Waals surface area contributed by atoms with Gasteiger partial charge in [0.15, 0.2) is 0 Å². The summed E-state index contributed by atoms with van der Waals surface area (Å²) in [7, 11) is 0. The average Bonchev–Trinajstić information content (AvgIpc) is 2.29. The first-order chi connectivity index (χ1) is 8.71. The maximum atomic E-state index is 10.2. The standard InChI is InChI=1S/C14H26O2.C2H6O/c1-6-7-8-9-12(2)13(3,4)14(5,16)10-11-15;1-2-3/h12,15-16H,6-9H2,1-5H3;3H,2H2,1H3. The lowest BCUT2D eigenvalue weighted by atomic mass is 9.66. The van der Waals surface area contributed by atoms with Crippen LogP contribution in [0.2, 0.25) is 0 Å². The van der Waals surface area contributed by atoms with E-state index in [4.69, 9.17) is 10.2 Å². The van der Waals surface area contributed by atoms with Gasteiger partial charge in [-0.1, -0.05) is 53.4 Å². The number of aliphatic hydroxyl groups excluding tert-OH is 2. The van der Waals surface area contributed by atoms with Crippen molar-refractivity contribution in [3.05, 3.63) is 0 Å². The maximum Gasteiger partial charge on any atom is 0.131 e. The molecule has 0 amide bonds. The van der Waals surface area contributed by atoms with Crippen molar-refractivity contribution in [2.75, 3.05) is 6.61 Å². The molecule has 0 bridgehead atoms. The molecule has 0 fully saturated rings. The third kappa shape index (κ3) is 7.44. The molecular formula is C16H32O3. The summed E-state index contributed by atoms with van der Waals surface area (Å²) in [6, 6.07) is 0. The number of hydrogen-bond acceptors (Lipinski definition) is 3. The summed E-state index contributed by atoms with van der Waals surface area (Å²) < 4.78 is 0. The number of rotatable bonds is 6. The molecule has 114 valence electrons. The summed E-state index contributed by atoms with van der Waals surface area (Å²) >= 11 is 0. The van der Waals surface area contributed by atoms with Crippen LogP contribution in [0.3, 0.4) is 0 Å². The van der Waals surface area contributed by atoms with Crippen LogP contribution in [0.25, 0.3) is 0 Å². The van der Waals surface area contributed by atoms with Crippen molar-refractivity contribution in [3.63, 3.8) is 0 Å². The van der Waals surface area contributed by atoms with Gasteiger partial charge in [-0.25, -0.2) is 0 Å². The van der Waals surface area contributed by atoms with Crippen molar-refractivity contribution in [3.8, 4) is 12.0 Å². The van der Waals surface area contributed by atoms with Crippen LogP contribution in [-0.2, 0) is 0 Å². The summed E-state index contributed by atoms with van der Waals surface area (Å²) in [6.07, 6.45) is 6.55. The van der Waals surface area contributed by atoms with Crippen LogP contribution >= 0.6 is 0 Å². The van der Waals surface area contributed by atoms with Gasteiger partial charge in [0.2, 0.25) is 0 Å². The monoisotopic (exact) mass is 272 g/mol. The molecule has 3 heteroatoms. The van der Waals surface area contributed by atoms with Gasteiger partial charge in [-0.05, 0) is 25.7 Å². The van der Waals surface area contributed by atoms with Gasteiger partial charge in [0.1, 0.15) is 11.7 Å². The van der Waals surface area contributed by atoms with Crippen LogP contribution in [0, 0.1) is 23.4 Å². The fourth-order valence-corrected chi connectivity index (χ4v) is 1.81. The Morgan fingerprint density at radius 2 is 1.58 bits per heavy atom. The Labute approximate surface area is 119 Å². The Balaban J connectivity index is 0. The first-order valence-electron chi connectivity index (χ1n) is 7.20. The SMILES string of the molecule is CCCCCC(C)C(C)(C)C(C)(O)C#CO.CCO. The van der Waals surface area contributed by atoms with E-state index in [-0.39, 0.29) is 12.0 Å². The van der Waals surface area contributed by atoms with Crippen LogP contribution in [-0.4, -0.2) is 27.5 Å². The van der Waals surface area contributed by atoms with Crippen LogP contribution in [0.4, 0.5) is 0 Å². The van der Waals surface area contributed by atoms with Gasteiger partial charge in [0.05, 0.1) is 0 Å². The number of unbranched alkanes of at least 4 members (excludes halogenated alkanes) is 2. The first kappa shape index (κ1) is 20.6. The Morgan fingerprint density at radius 1 is 1.11 bits per heavy atom. The van der Waals surface area contributed by atoms with Gasteiger partial charge < -0.3 is 15.3 Å². The number of hydrogen-bond donors (Lipinski definition) is 3. The lowest BCUT2D eigenvalue weighted by molar-refractivity contribution is -0.0356. The van der Waals surface area contributed by atoms with E-state index in [9.17, 15) is 5.11 Å². The molecule has 0 saturated carbocycles. The molecule has 2 unspecified atom stereocenters. The van der Waals surface area contributed by atoms with Crippen LogP contribution in [0.15, 0.2) is 0 Å². The van der Waals surface area contributed by atoms with Crippen LogP contribution in [0.1, 0.15) is 67.2 Å². The molecule has 0 heterocycles. The third-order valence-electron chi connectivity index (χ3n) is 4.03. The van der Waals surface area contributed by atoms with Crippen LogP contribution < -0.4 is 0 Å². The minimum absolute atomic E-state index is 0.250. The lowest BCUT2D eigenvalue weighted by Crippen LogP contribution is -2.45. The summed E-state index contributed by atoms with van der Waals surface area (Å²) in [5, 5.41) is 26.4. The molecule has 0 rings (SSSR count). The van der Waals surface area contributed by atoms with E-state index in [1.54, 1.807) is 13.8 Å². The minimum Gasteiger partial charge on any atom is -0.462 e. The summed E-state index contributed by atoms with van der Waals surface area (Å²) in [5.41, 5.74) is -1.47. The highest BCUT2D eigenvalue weighted by Gasteiger charge is 2.42. The molecule has 3 nitrogen and oxygen atoms in total. The Bertz CT molecular complexity index is 271. The topological polar surface area (TPSA) is 60.7 Å². The second kappa shape index (κ2) is 10.1. The van der Waals surface area contributed by atoms with Gasteiger partial charge in [-0.2, -0.15) is 0 Å². The normalized spacial score (nSPS) is 15.4. The predicted molar refractivity (Wildman–Crippen MR) is 80.2 cm³/mol. The predicted octanol–water partition coefficient (Wildman–Crippen LogP) is 3.31. The fourth-order valence-electron chi connectivity index (χ4n) is 1.81. The van der Waals surface area contributed by atoms with Crippen molar-refractivity contribution >= 4 is 0 Å². The van der Waals surface area contributed by atoms with E-state index in [2.05, 4.69) is 19.8 Å². The summed E-state index contributed by atoms with van der Waals surface area (Å²) in [5.74, 6) is 2.86. The highest BCUT2D eigenvalue weighted by molar-refractivity contribution is 5.14. The van der Waals surface area contributed by atoms with Crippen molar-refractivity contribution in [1.82, 2.24) is 0 Å². The van der Waals surface area contributed by atoms with Gasteiger partial charge >= 0.3 is 0 Å². The Hall–Kier alpha value is -0.720. The summed E-state index contributed by atoms with van der Waals surface area (Å²) in [4.78, 5) is 0. The molecule has 0 spiro atoms. The molecule has 0 aliphatic heterocycles. The Kier molecular flexibility index (Phi) is 11.0. The molecule has 0 saturated heterocycles. The molecule has 0 aliphatic carbocycles. The van der Waals surface area contributed by atoms with Crippen molar-refractivity contribution in [2.24, 2.45) is 11.3 Å². The van der Waals surface area contributed by atoms with E-state index in [0.29, 0.717) is 5.92 Å². The van der Waals surface area contributed by atoms with Crippen molar-refractivity contribution in [2.45, 2.75) is 72.8 Å². The fraction of sp³-hybridized carbons (Fsp3) is 0.875. The van der Waals surface area contributed by atoms with E-state index < -0.39 is 5.60 Å². The zero-order chi connectivity index (χ0) is 15.5. The van der Waals surface area contributed by atoms with E-state index in [1.165, 1.54) is 19.3 Å². The minimum atomic E-state index is -1.15. The van der Waals surface area contributed by atoms with Gasteiger partial charge in [0, 0.05) is 12.0 Å². The van der Waals surface area contributed by atoms with E-state index in [1.807, 2.05) is 20.0 Å². The highest BCUT2D eigenvalue weighted by Crippen LogP contribution is 2.40. The van der Waals surface area contributed by atoms with Crippen LogP contribution in [0.5, 0.6) is 0 Å². The smallest absolute Gasteiger partial charge is 0.131 e. The largest absolute Gasteiger partial charge is 0.462 e. The molecule has 0 aromatic rings. The van der Waals surface area contributed by atoms with E-state index in [0.717, 1.165) is 6.42 Å². The Morgan fingerprint density at radius 3 is 1.95 bits per heavy atom. The summed E-state index contributed by atoms with van der Waals surface area (Å²) in [6.45, 7) is 11.9. The molecule has 3 N–H and O–H groups in total. The quantitative estimate of drug-likeness (QED) is 0.513. The number of aliphatic hydroxyl groups is 3. The zero-order valence-corrected chi connectivity index (χ0v) is 13.5. The lowest BCUT2D eigenvalue weighted by Gasteiger charge is -2.41. The van der Waals surface area contributed by atoms with Crippen molar-refractivity contribution < 1.29 is 15.3 Å². The molecular weight excluding hydrogens is 240 g/mol. The molecule has 0 aliphatic rings. The third-order valence-corrected chi connectivity index (χ3v) is 4.03. The zero-order valence-electron chi connectivity index (χ0n) is 13.5. The second-order valence-corrected chi connectivity index (χ2v) is 5.74. The second-order valence-electron chi connectivity index (χ2n) is 5.74. The molecule has 0 radical (unpaired) electrons. The van der Waals surface area contributed by atoms with Gasteiger partial charge in [-0.15, -0.1) is 0 Å². The van der Waals surface area contributed by atoms with Gasteiger partial charge in [-0.3, -0.25) is 0 Å². The average molecular weight is 272 g/mol.